The van der Waals surface area contributed by atoms with E-state index in [0.717, 1.165) is 10.5 Å². The van der Waals surface area contributed by atoms with Gasteiger partial charge in [0, 0.05) is 12.1 Å². The Hall–Kier alpha value is -0.840. The third kappa shape index (κ3) is 2.15. The molecular weight excluding hydrogens is 244 g/mol. The fourth-order valence-electron chi connectivity index (χ4n) is 1.70. The number of nitrogen functional groups attached to an aromatic ring is 1. The Morgan fingerprint density at radius 2 is 2.21 bits per heavy atom. The highest BCUT2D eigenvalue weighted by molar-refractivity contribution is 9.10. The third-order valence-corrected chi connectivity index (χ3v) is 2.83. The maximum absolute atomic E-state index is 5.60. The van der Waals surface area contributed by atoms with Gasteiger partial charge in [0.2, 0.25) is 5.95 Å². The SMILES string of the molecule is CC1CC(Nc2nc(N)cc(Br)n2)C1. The number of nitrogens with one attached hydrogen (secondary N) is 1. The molecular formula is C9H13BrN4. The van der Waals surface area contributed by atoms with E-state index in [-0.39, 0.29) is 0 Å². The van der Waals surface area contributed by atoms with Gasteiger partial charge in [0.1, 0.15) is 10.4 Å². The summed E-state index contributed by atoms with van der Waals surface area (Å²) in [5.74, 6) is 1.92. The molecule has 1 aromatic heterocycles. The first-order chi connectivity index (χ1) is 6.63. The predicted octanol–water partition coefficient (Wildman–Crippen LogP) is 2.03. The number of aromatic nitrogens is 2. The van der Waals surface area contributed by atoms with Gasteiger partial charge in [-0.3, -0.25) is 0 Å². The van der Waals surface area contributed by atoms with Crippen molar-refractivity contribution in [2.24, 2.45) is 5.92 Å². The molecule has 0 amide bonds. The number of nitrogens with zero attached hydrogens (tertiary/aromatic N) is 2. The topological polar surface area (TPSA) is 63.8 Å². The van der Waals surface area contributed by atoms with E-state index in [9.17, 15) is 0 Å². The van der Waals surface area contributed by atoms with Crippen LogP contribution in [-0.2, 0) is 0 Å². The molecule has 5 heteroatoms. The molecule has 4 nitrogen and oxygen atoms in total. The average molecular weight is 257 g/mol. The van der Waals surface area contributed by atoms with Crippen molar-refractivity contribution in [2.75, 3.05) is 11.1 Å². The highest BCUT2D eigenvalue weighted by Gasteiger charge is 2.25. The van der Waals surface area contributed by atoms with Crippen molar-refractivity contribution in [1.29, 1.82) is 0 Å². The van der Waals surface area contributed by atoms with Crippen LogP contribution in [0.15, 0.2) is 10.7 Å². The summed E-state index contributed by atoms with van der Waals surface area (Å²) in [5.41, 5.74) is 5.60. The summed E-state index contributed by atoms with van der Waals surface area (Å²) in [6.07, 6.45) is 2.38. The molecule has 14 heavy (non-hydrogen) atoms. The van der Waals surface area contributed by atoms with Gasteiger partial charge in [-0.05, 0) is 34.7 Å². The van der Waals surface area contributed by atoms with Gasteiger partial charge in [-0.15, -0.1) is 0 Å². The second-order valence-corrected chi connectivity index (χ2v) is 4.67. The molecule has 1 aliphatic carbocycles. The molecule has 0 aliphatic heterocycles. The van der Waals surface area contributed by atoms with Crippen molar-refractivity contribution in [3.63, 3.8) is 0 Å². The number of nitrogens with two attached hydrogens (primary N) is 1. The van der Waals surface area contributed by atoms with Gasteiger partial charge in [0.05, 0.1) is 0 Å². The van der Waals surface area contributed by atoms with E-state index in [1.807, 2.05) is 0 Å². The van der Waals surface area contributed by atoms with Crippen LogP contribution in [0.2, 0.25) is 0 Å². The largest absolute Gasteiger partial charge is 0.383 e. The first kappa shape index (κ1) is 9.71. The van der Waals surface area contributed by atoms with Gasteiger partial charge in [-0.1, -0.05) is 6.92 Å². The number of anilines is 2. The number of halogens is 1. The molecule has 1 aromatic rings. The Bertz CT molecular complexity index is 315. The lowest BCUT2D eigenvalue weighted by atomic mass is 9.82. The standard InChI is InChI=1S/C9H13BrN4/c1-5-2-6(3-5)12-9-13-7(10)4-8(11)14-9/h4-6H,2-3H2,1H3,(H3,11,12,13,14). The summed E-state index contributed by atoms with van der Waals surface area (Å²) in [6, 6.07) is 2.20. The molecule has 3 N–H and O–H groups in total. The van der Waals surface area contributed by atoms with Crippen LogP contribution in [0.1, 0.15) is 19.8 Å². The van der Waals surface area contributed by atoms with Gasteiger partial charge in [-0.25, -0.2) is 4.98 Å². The van der Waals surface area contributed by atoms with Gasteiger partial charge in [0.15, 0.2) is 0 Å². The minimum Gasteiger partial charge on any atom is -0.383 e. The molecule has 0 bridgehead atoms. The van der Waals surface area contributed by atoms with Crippen molar-refractivity contribution in [3.8, 4) is 0 Å². The molecule has 0 atom stereocenters. The van der Waals surface area contributed by atoms with E-state index in [1.54, 1.807) is 6.07 Å². The average Bonchev–Trinajstić information content (AvgIpc) is 1.99. The normalized spacial score (nSPS) is 25.6. The Morgan fingerprint density at radius 1 is 1.50 bits per heavy atom. The molecule has 1 saturated carbocycles. The summed E-state index contributed by atoms with van der Waals surface area (Å²) in [5, 5.41) is 3.26. The highest BCUT2D eigenvalue weighted by Crippen LogP contribution is 2.28. The number of hydrogen-bond donors (Lipinski definition) is 2. The Kier molecular flexibility index (Phi) is 2.58. The minimum atomic E-state index is 0.488. The van der Waals surface area contributed by atoms with Crippen molar-refractivity contribution in [2.45, 2.75) is 25.8 Å². The van der Waals surface area contributed by atoms with Gasteiger partial charge in [-0.2, -0.15) is 4.98 Å². The van der Waals surface area contributed by atoms with Crippen molar-refractivity contribution in [3.05, 3.63) is 10.7 Å². The second kappa shape index (κ2) is 3.73. The fraction of sp³-hybridized carbons (Fsp3) is 0.556. The number of hydrogen-bond acceptors (Lipinski definition) is 4. The van der Waals surface area contributed by atoms with Crippen LogP contribution in [0.3, 0.4) is 0 Å². The highest BCUT2D eigenvalue weighted by atomic mass is 79.9. The number of rotatable bonds is 2. The minimum absolute atomic E-state index is 0.488. The van der Waals surface area contributed by atoms with Crippen LogP contribution < -0.4 is 11.1 Å². The molecule has 1 aliphatic rings. The van der Waals surface area contributed by atoms with Crippen molar-refractivity contribution < 1.29 is 0 Å². The van der Waals surface area contributed by atoms with E-state index >= 15 is 0 Å². The summed E-state index contributed by atoms with van der Waals surface area (Å²) in [6.45, 7) is 2.24. The molecule has 0 radical (unpaired) electrons. The molecule has 1 heterocycles. The lowest BCUT2D eigenvalue weighted by molar-refractivity contribution is 0.308. The van der Waals surface area contributed by atoms with Crippen LogP contribution in [0.4, 0.5) is 11.8 Å². The van der Waals surface area contributed by atoms with E-state index in [0.29, 0.717) is 17.8 Å². The van der Waals surface area contributed by atoms with Crippen LogP contribution in [0, 0.1) is 5.92 Å². The van der Waals surface area contributed by atoms with E-state index in [1.165, 1.54) is 12.8 Å². The maximum Gasteiger partial charge on any atom is 0.225 e. The Labute approximate surface area is 91.4 Å². The quantitative estimate of drug-likeness (QED) is 0.796. The van der Waals surface area contributed by atoms with Gasteiger partial charge in [0.25, 0.3) is 0 Å². The monoisotopic (exact) mass is 256 g/mol. The smallest absolute Gasteiger partial charge is 0.225 e. The molecule has 0 spiro atoms. The molecule has 0 aromatic carbocycles. The first-order valence-corrected chi connectivity index (χ1v) is 5.49. The van der Waals surface area contributed by atoms with E-state index in [2.05, 4.69) is 38.1 Å². The van der Waals surface area contributed by atoms with Crippen LogP contribution in [0.25, 0.3) is 0 Å². The van der Waals surface area contributed by atoms with Gasteiger partial charge < -0.3 is 11.1 Å². The third-order valence-electron chi connectivity index (χ3n) is 2.42. The lowest BCUT2D eigenvalue weighted by Gasteiger charge is -2.33. The first-order valence-electron chi connectivity index (χ1n) is 4.70. The zero-order valence-corrected chi connectivity index (χ0v) is 9.58. The summed E-state index contributed by atoms with van der Waals surface area (Å²) in [4.78, 5) is 8.30. The Morgan fingerprint density at radius 3 is 2.79 bits per heavy atom. The molecule has 1 fully saturated rings. The Balaban J connectivity index is 2.02. The zero-order chi connectivity index (χ0) is 10.1. The summed E-state index contributed by atoms with van der Waals surface area (Å²) < 4.78 is 0.722. The van der Waals surface area contributed by atoms with Crippen LogP contribution in [0.5, 0.6) is 0 Å². The van der Waals surface area contributed by atoms with E-state index in [4.69, 9.17) is 5.73 Å². The van der Waals surface area contributed by atoms with Crippen LogP contribution >= 0.6 is 15.9 Å². The molecule has 0 unspecified atom stereocenters. The maximum atomic E-state index is 5.60. The van der Waals surface area contributed by atoms with Crippen molar-refractivity contribution in [1.82, 2.24) is 9.97 Å². The zero-order valence-electron chi connectivity index (χ0n) is 8.00. The fourth-order valence-corrected chi connectivity index (χ4v) is 2.10. The van der Waals surface area contributed by atoms with E-state index < -0.39 is 0 Å². The molecule has 2 rings (SSSR count). The van der Waals surface area contributed by atoms with Crippen molar-refractivity contribution >= 4 is 27.7 Å². The molecule has 0 saturated heterocycles. The second-order valence-electron chi connectivity index (χ2n) is 3.86. The van der Waals surface area contributed by atoms with Gasteiger partial charge >= 0.3 is 0 Å². The lowest BCUT2D eigenvalue weighted by Crippen LogP contribution is -2.34. The predicted molar refractivity (Wildman–Crippen MR) is 60.0 cm³/mol. The van der Waals surface area contributed by atoms with Crippen LogP contribution in [-0.4, -0.2) is 16.0 Å². The summed E-state index contributed by atoms with van der Waals surface area (Å²) in [7, 11) is 0. The molecule has 76 valence electrons. The summed E-state index contributed by atoms with van der Waals surface area (Å²) >= 11 is 3.28.